The molecular weight excluding hydrogens is 280 g/mol. The summed E-state index contributed by atoms with van der Waals surface area (Å²) in [4.78, 5) is 4.53. The normalized spacial score (nSPS) is 12.4. The minimum Gasteiger partial charge on any atom is -0.313 e. The molecule has 1 N–H and O–H groups in total. The van der Waals surface area contributed by atoms with Gasteiger partial charge in [-0.3, -0.25) is 0 Å². The lowest BCUT2D eigenvalue weighted by Crippen LogP contribution is -2.18. The number of nitrogens with one attached hydrogen (secondary N) is 1. The van der Waals surface area contributed by atoms with Gasteiger partial charge < -0.3 is 5.32 Å². The van der Waals surface area contributed by atoms with Crippen LogP contribution >= 0.6 is 11.6 Å². The van der Waals surface area contributed by atoms with Crippen LogP contribution in [-0.4, -0.2) is 18.1 Å². The van der Waals surface area contributed by atoms with Crippen LogP contribution < -0.4 is 5.32 Å². The Hall–Kier alpha value is -1.38. The summed E-state index contributed by atoms with van der Waals surface area (Å²) in [6.45, 7) is 10.4. The summed E-state index contributed by atoms with van der Waals surface area (Å²) in [7, 11) is 0. The van der Waals surface area contributed by atoms with Crippen molar-refractivity contribution in [2.75, 3.05) is 13.1 Å². The Bertz CT molecular complexity index is 660. The van der Waals surface area contributed by atoms with Gasteiger partial charge in [0.2, 0.25) is 0 Å². The van der Waals surface area contributed by atoms with E-state index in [0.29, 0.717) is 11.1 Å². The maximum atomic E-state index is 6.36. The molecule has 21 heavy (non-hydrogen) atoms. The molecule has 1 aromatic heterocycles. The quantitative estimate of drug-likeness (QED) is 0.799. The number of aromatic nitrogens is 1. The standard InChI is InChI=1S/C18H23ClN2/c1-5-20-11-16(12(2)3)10-15-9-14-7-6-13(4)8-17(14)21-18(15)19/h6-10,12,20H,5,11H2,1-4H3. The van der Waals surface area contributed by atoms with Crippen LogP contribution in [0.2, 0.25) is 5.15 Å². The van der Waals surface area contributed by atoms with Crippen molar-refractivity contribution in [3.8, 4) is 0 Å². The first-order chi connectivity index (χ1) is 10.0. The molecule has 0 aliphatic heterocycles. The first-order valence-electron chi connectivity index (χ1n) is 7.49. The molecule has 112 valence electrons. The smallest absolute Gasteiger partial charge is 0.136 e. The van der Waals surface area contributed by atoms with E-state index >= 15 is 0 Å². The van der Waals surface area contributed by atoms with Crippen LogP contribution in [0.3, 0.4) is 0 Å². The molecule has 2 rings (SSSR count). The van der Waals surface area contributed by atoms with Crippen LogP contribution in [0, 0.1) is 12.8 Å². The Labute approximate surface area is 132 Å². The third-order valence-electron chi connectivity index (χ3n) is 3.62. The highest BCUT2D eigenvalue weighted by molar-refractivity contribution is 6.31. The second-order valence-corrected chi connectivity index (χ2v) is 6.08. The average Bonchev–Trinajstić information content (AvgIpc) is 2.43. The molecular formula is C18H23ClN2. The Kier molecular flexibility index (Phi) is 5.38. The summed E-state index contributed by atoms with van der Waals surface area (Å²) in [5.74, 6) is 0.480. The first-order valence-corrected chi connectivity index (χ1v) is 7.87. The lowest BCUT2D eigenvalue weighted by Gasteiger charge is -2.13. The topological polar surface area (TPSA) is 24.9 Å². The highest BCUT2D eigenvalue weighted by atomic mass is 35.5. The van der Waals surface area contributed by atoms with Gasteiger partial charge in [-0.15, -0.1) is 0 Å². The number of aryl methyl sites for hydroxylation is 1. The minimum absolute atomic E-state index is 0.480. The van der Waals surface area contributed by atoms with Crippen LogP contribution in [0.1, 0.15) is 31.9 Å². The maximum absolute atomic E-state index is 6.36. The number of likely N-dealkylation sites (N-methyl/N-ethyl adjacent to an activating group) is 1. The fraction of sp³-hybridized carbons (Fsp3) is 0.389. The first kappa shape index (κ1) is 16.0. The van der Waals surface area contributed by atoms with E-state index in [2.05, 4.69) is 68.3 Å². The molecule has 2 nitrogen and oxygen atoms in total. The van der Waals surface area contributed by atoms with Crippen molar-refractivity contribution in [3.63, 3.8) is 0 Å². The Morgan fingerprint density at radius 1 is 1.33 bits per heavy atom. The molecule has 0 atom stereocenters. The Morgan fingerprint density at radius 2 is 2.10 bits per heavy atom. The van der Waals surface area contributed by atoms with Crippen molar-refractivity contribution >= 4 is 28.6 Å². The largest absolute Gasteiger partial charge is 0.313 e. The second-order valence-electron chi connectivity index (χ2n) is 5.72. The number of rotatable bonds is 5. The van der Waals surface area contributed by atoms with E-state index in [-0.39, 0.29) is 0 Å². The highest BCUT2D eigenvalue weighted by Gasteiger charge is 2.07. The molecule has 0 radical (unpaired) electrons. The third-order valence-corrected chi connectivity index (χ3v) is 3.92. The van der Waals surface area contributed by atoms with Crippen LogP contribution in [0.15, 0.2) is 29.8 Å². The van der Waals surface area contributed by atoms with Gasteiger partial charge in [-0.1, -0.05) is 56.2 Å². The highest BCUT2D eigenvalue weighted by Crippen LogP contribution is 2.25. The van der Waals surface area contributed by atoms with Gasteiger partial charge in [0.15, 0.2) is 0 Å². The average molecular weight is 303 g/mol. The lowest BCUT2D eigenvalue weighted by atomic mass is 10.00. The van der Waals surface area contributed by atoms with Crippen molar-refractivity contribution in [2.24, 2.45) is 5.92 Å². The van der Waals surface area contributed by atoms with Crippen molar-refractivity contribution < 1.29 is 0 Å². The van der Waals surface area contributed by atoms with Crippen molar-refractivity contribution in [2.45, 2.75) is 27.7 Å². The van der Waals surface area contributed by atoms with Gasteiger partial charge in [0.25, 0.3) is 0 Å². The molecule has 0 spiro atoms. The molecule has 0 aliphatic carbocycles. The third kappa shape index (κ3) is 4.05. The fourth-order valence-electron chi connectivity index (χ4n) is 2.26. The zero-order valence-electron chi connectivity index (χ0n) is 13.2. The number of benzene rings is 1. The molecule has 3 heteroatoms. The maximum Gasteiger partial charge on any atom is 0.136 e. The zero-order chi connectivity index (χ0) is 15.4. The second kappa shape index (κ2) is 7.06. The molecule has 0 fully saturated rings. The molecule has 0 aliphatic rings. The van der Waals surface area contributed by atoms with Crippen molar-refractivity contribution in [3.05, 3.63) is 46.1 Å². The fourth-order valence-corrected chi connectivity index (χ4v) is 2.46. The van der Waals surface area contributed by atoms with Gasteiger partial charge in [-0.25, -0.2) is 4.98 Å². The van der Waals surface area contributed by atoms with Crippen molar-refractivity contribution in [1.82, 2.24) is 10.3 Å². The molecule has 0 unspecified atom stereocenters. The molecule has 0 saturated carbocycles. The molecule has 0 saturated heterocycles. The lowest BCUT2D eigenvalue weighted by molar-refractivity contribution is 0.682. The summed E-state index contributed by atoms with van der Waals surface area (Å²) < 4.78 is 0. The number of pyridine rings is 1. The van der Waals surface area contributed by atoms with E-state index in [1.807, 2.05) is 0 Å². The molecule has 0 bridgehead atoms. The van der Waals surface area contributed by atoms with Gasteiger partial charge >= 0.3 is 0 Å². The predicted octanol–water partition coefficient (Wildman–Crippen LogP) is 4.85. The minimum atomic E-state index is 0.480. The van der Waals surface area contributed by atoms with Gasteiger partial charge in [0.1, 0.15) is 5.15 Å². The molecule has 1 aromatic carbocycles. The van der Waals surface area contributed by atoms with Gasteiger partial charge in [-0.2, -0.15) is 0 Å². The molecule has 0 amide bonds. The van der Waals surface area contributed by atoms with E-state index in [1.165, 1.54) is 11.1 Å². The van der Waals surface area contributed by atoms with Crippen LogP contribution in [-0.2, 0) is 0 Å². The van der Waals surface area contributed by atoms with Crippen LogP contribution in [0.25, 0.3) is 17.0 Å². The van der Waals surface area contributed by atoms with E-state index < -0.39 is 0 Å². The van der Waals surface area contributed by atoms with Crippen LogP contribution in [0.4, 0.5) is 0 Å². The number of nitrogens with zero attached hydrogens (tertiary/aromatic N) is 1. The molecule has 2 aromatic rings. The summed E-state index contributed by atoms with van der Waals surface area (Å²) in [5, 5.41) is 5.08. The summed E-state index contributed by atoms with van der Waals surface area (Å²) in [6, 6.07) is 8.40. The van der Waals surface area contributed by atoms with Gasteiger partial charge in [-0.05, 0) is 37.1 Å². The van der Waals surface area contributed by atoms with E-state index in [0.717, 1.165) is 29.6 Å². The monoisotopic (exact) mass is 302 g/mol. The Balaban J connectivity index is 2.44. The number of hydrogen-bond acceptors (Lipinski definition) is 2. The van der Waals surface area contributed by atoms with E-state index in [1.54, 1.807) is 0 Å². The number of halogens is 1. The SMILES string of the molecule is CCNCC(=Cc1cc2ccc(C)cc2nc1Cl)C(C)C. The Morgan fingerprint density at radius 3 is 2.76 bits per heavy atom. The zero-order valence-corrected chi connectivity index (χ0v) is 14.0. The van der Waals surface area contributed by atoms with Crippen LogP contribution in [0.5, 0.6) is 0 Å². The predicted molar refractivity (Wildman–Crippen MR) is 92.8 cm³/mol. The molecule has 1 heterocycles. The van der Waals surface area contributed by atoms with Gasteiger partial charge in [0.05, 0.1) is 5.52 Å². The van der Waals surface area contributed by atoms with Gasteiger partial charge in [0, 0.05) is 17.5 Å². The van der Waals surface area contributed by atoms with E-state index in [9.17, 15) is 0 Å². The summed E-state index contributed by atoms with van der Waals surface area (Å²) in [5.41, 5.74) is 4.49. The summed E-state index contributed by atoms with van der Waals surface area (Å²) in [6.07, 6.45) is 2.17. The number of hydrogen-bond donors (Lipinski definition) is 1. The van der Waals surface area contributed by atoms with Crippen molar-refractivity contribution in [1.29, 1.82) is 0 Å². The number of fused-ring (bicyclic) bond motifs is 1. The summed E-state index contributed by atoms with van der Waals surface area (Å²) >= 11 is 6.36. The van der Waals surface area contributed by atoms with E-state index in [4.69, 9.17) is 11.6 Å².